The molecule has 0 spiro atoms. The molecule has 8 nitrogen and oxygen atoms in total. The molecule has 1 atom stereocenters. The minimum Gasteiger partial charge on any atom is -0.507 e. The van der Waals surface area contributed by atoms with Crippen LogP contribution < -0.4 is 23.8 Å². The molecule has 35 heavy (non-hydrogen) atoms. The lowest BCUT2D eigenvalue weighted by Crippen LogP contribution is -2.29. The number of hydrogen-bond acceptors (Lipinski definition) is 7. The van der Waals surface area contributed by atoms with E-state index in [-0.39, 0.29) is 18.1 Å². The zero-order chi connectivity index (χ0) is 24.5. The number of benzene rings is 3. The van der Waals surface area contributed by atoms with Crippen LogP contribution in [0.25, 0.3) is 5.76 Å². The third kappa shape index (κ3) is 3.93. The van der Waals surface area contributed by atoms with Crippen LogP contribution in [0.5, 0.6) is 23.0 Å². The third-order valence-corrected chi connectivity index (χ3v) is 5.91. The van der Waals surface area contributed by atoms with Gasteiger partial charge in [0, 0.05) is 17.3 Å². The van der Waals surface area contributed by atoms with Gasteiger partial charge in [-0.15, -0.1) is 0 Å². The summed E-state index contributed by atoms with van der Waals surface area (Å²) in [6.07, 6.45) is 0. The number of Topliss-reactive ketones (excluding diaryl/α,β-unsaturated/α-hetero) is 1. The highest BCUT2D eigenvalue weighted by molar-refractivity contribution is 6.51. The number of hydrogen-bond donors (Lipinski definition) is 1. The first kappa shape index (κ1) is 22.3. The maximum atomic E-state index is 13.4. The van der Waals surface area contributed by atoms with E-state index >= 15 is 0 Å². The second-order valence-electron chi connectivity index (χ2n) is 7.94. The van der Waals surface area contributed by atoms with Crippen molar-refractivity contribution in [2.45, 2.75) is 13.0 Å². The molecule has 3 aromatic rings. The van der Waals surface area contributed by atoms with Gasteiger partial charge in [-0.2, -0.15) is 0 Å². The molecule has 178 valence electrons. The van der Waals surface area contributed by atoms with E-state index in [1.807, 2.05) is 6.92 Å². The van der Waals surface area contributed by atoms with Crippen LogP contribution in [0, 0.1) is 0 Å². The van der Waals surface area contributed by atoms with Gasteiger partial charge in [-0.05, 0) is 48.9 Å². The van der Waals surface area contributed by atoms with Crippen LogP contribution in [0.3, 0.4) is 0 Å². The van der Waals surface area contributed by atoms with E-state index in [9.17, 15) is 14.7 Å². The van der Waals surface area contributed by atoms with Crippen LogP contribution in [0.15, 0.2) is 72.3 Å². The molecule has 0 saturated carbocycles. The van der Waals surface area contributed by atoms with Crippen molar-refractivity contribution >= 4 is 23.1 Å². The van der Waals surface area contributed by atoms with Crippen LogP contribution in [0.1, 0.15) is 24.1 Å². The predicted molar refractivity (Wildman–Crippen MR) is 128 cm³/mol. The zero-order valence-electron chi connectivity index (χ0n) is 19.2. The van der Waals surface area contributed by atoms with Gasteiger partial charge in [0.1, 0.15) is 17.3 Å². The monoisotopic (exact) mass is 473 g/mol. The fraction of sp³-hybridized carbons (Fsp3) is 0.185. The average Bonchev–Trinajstić information content (AvgIpc) is 3.46. The Morgan fingerprint density at radius 3 is 2.57 bits per heavy atom. The molecule has 2 heterocycles. The Kier molecular flexibility index (Phi) is 5.78. The number of aliphatic hydroxyl groups is 1. The standard InChI is InChI=1S/C27H23NO7/c1-3-33-20-9-4-6-16(12-20)24-23(25(29)17-7-5-8-19(13-17)32-2)26(30)27(31)28(24)18-10-11-21-22(14-18)35-15-34-21/h4-14,24,29H,3,15H2,1-2H3/b25-23+. The minimum absolute atomic E-state index is 0.0328. The molecule has 1 amide bonds. The molecule has 1 saturated heterocycles. The molecule has 5 rings (SSSR count). The maximum absolute atomic E-state index is 13.4. The SMILES string of the molecule is CCOc1cccc(C2/C(=C(\O)c3cccc(OC)c3)C(=O)C(=O)N2c2ccc3c(c2)OCO3)c1. The smallest absolute Gasteiger partial charge is 0.300 e. The van der Waals surface area contributed by atoms with Crippen LogP contribution in [0.2, 0.25) is 0 Å². The molecular formula is C27H23NO7. The van der Waals surface area contributed by atoms with Gasteiger partial charge in [0.2, 0.25) is 6.79 Å². The van der Waals surface area contributed by atoms with Crippen molar-refractivity contribution < 1.29 is 33.6 Å². The van der Waals surface area contributed by atoms with Gasteiger partial charge in [-0.25, -0.2) is 0 Å². The van der Waals surface area contributed by atoms with E-state index < -0.39 is 17.7 Å². The molecule has 0 aromatic heterocycles. The van der Waals surface area contributed by atoms with Gasteiger partial charge in [-0.3, -0.25) is 14.5 Å². The van der Waals surface area contributed by atoms with Crippen LogP contribution in [-0.2, 0) is 9.59 Å². The van der Waals surface area contributed by atoms with E-state index in [1.165, 1.54) is 12.0 Å². The molecule has 1 unspecified atom stereocenters. The Hall–Kier alpha value is -4.46. The van der Waals surface area contributed by atoms with Crippen molar-refractivity contribution in [1.29, 1.82) is 0 Å². The largest absolute Gasteiger partial charge is 0.507 e. The van der Waals surface area contributed by atoms with Crippen LogP contribution >= 0.6 is 0 Å². The number of methoxy groups -OCH3 is 1. The third-order valence-electron chi connectivity index (χ3n) is 5.91. The Bertz CT molecular complexity index is 1350. The number of carbonyl (C=O) groups is 2. The van der Waals surface area contributed by atoms with Crippen molar-refractivity contribution in [2.24, 2.45) is 0 Å². The fourth-order valence-electron chi connectivity index (χ4n) is 4.32. The summed E-state index contributed by atoms with van der Waals surface area (Å²) >= 11 is 0. The maximum Gasteiger partial charge on any atom is 0.300 e. The van der Waals surface area contributed by atoms with Gasteiger partial charge in [-0.1, -0.05) is 24.3 Å². The summed E-state index contributed by atoms with van der Waals surface area (Å²) < 4.78 is 21.8. The first-order chi connectivity index (χ1) is 17.0. The number of ketones is 1. The predicted octanol–water partition coefficient (Wildman–Crippen LogP) is 4.45. The fourth-order valence-corrected chi connectivity index (χ4v) is 4.32. The topological polar surface area (TPSA) is 94.5 Å². The molecule has 2 aliphatic rings. The van der Waals surface area contributed by atoms with Crippen molar-refractivity contribution in [1.82, 2.24) is 0 Å². The Labute approximate surface area is 201 Å². The first-order valence-electron chi connectivity index (χ1n) is 11.1. The summed E-state index contributed by atoms with van der Waals surface area (Å²) in [5.41, 5.74) is 1.37. The van der Waals surface area contributed by atoms with Crippen molar-refractivity contribution in [2.75, 3.05) is 25.4 Å². The Balaban J connectivity index is 1.70. The summed E-state index contributed by atoms with van der Waals surface area (Å²) in [6, 6.07) is 17.9. The van der Waals surface area contributed by atoms with Crippen molar-refractivity contribution in [3.05, 3.63) is 83.4 Å². The van der Waals surface area contributed by atoms with Gasteiger partial charge >= 0.3 is 0 Å². The molecule has 0 bridgehead atoms. The van der Waals surface area contributed by atoms with Gasteiger partial charge in [0.15, 0.2) is 11.5 Å². The lowest BCUT2D eigenvalue weighted by atomic mass is 9.95. The first-order valence-corrected chi connectivity index (χ1v) is 11.1. The van der Waals surface area contributed by atoms with Gasteiger partial charge in [0.25, 0.3) is 11.7 Å². The van der Waals surface area contributed by atoms with E-state index in [4.69, 9.17) is 18.9 Å². The molecule has 0 radical (unpaired) electrons. The summed E-state index contributed by atoms with van der Waals surface area (Å²) in [5, 5.41) is 11.3. The number of anilines is 1. The highest BCUT2D eigenvalue weighted by atomic mass is 16.7. The number of aliphatic hydroxyl groups excluding tert-OH is 1. The van der Waals surface area contributed by atoms with Gasteiger partial charge in [0.05, 0.1) is 25.3 Å². The number of ether oxygens (including phenoxy) is 4. The lowest BCUT2D eigenvalue weighted by Gasteiger charge is -2.26. The lowest BCUT2D eigenvalue weighted by molar-refractivity contribution is -0.132. The van der Waals surface area contributed by atoms with E-state index in [2.05, 4.69) is 0 Å². The quantitative estimate of drug-likeness (QED) is 0.321. The highest BCUT2D eigenvalue weighted by Gasteiger charge is 2.47. The molecular weight excluding hydrogens is 450 g/mol. The summed E-state index contributed by atoms with van der Waals surface area (Å²) in [7, 11) is 1.51. The Morgan fingerprint density at radius 2 is 1.77 bits per heavy atom. The number of rotatable bonds is 6. The summed E-state index contributed by atoms with van der Waals surface area (Å²) in [5.74, 6) is 0.263. The highest BCUT2D eigenvalue weighted by Crippen LogP contribution is 2.45. The normalized spacial score (nSPS) is 18.1. The minimum atomic E-state index is -0.901. The van der Waals surface area contributed by atoms with Gasteiger partial charge < -0.3 is 24.1 Å². The molecule has 1 fully saturated rings. The molecule has 8 heteroatoms. The van der Waals surface area contributed by atoms with E-state index in [0.717, 1.165) is 0 Å². The van der Waals surface area contributed by atoms with Crippen molar-refractivity contribution in [3.63, 3.8) is 0 Å². The summed E-state index contributed by atoms with van der Waals surface area (Å²) in [6.45, 7) is 2.40. The van der Waals surface area contributed by atoms with Crippen molar-refractivity contribution in [3.8, 4) is 23.0 Å². The molecule has 0 aliphatic carbocycles. The molecule has 3 aromatic carbocycles. The number of fused-ring (bicyclic) bond motifs is 1. The zero-order valence-corrected chi connectivity index (χ0v) is 19.2. The van der Waals surface area contributed by atoms with Crippen LogP contribution in [-0.4, -0.2) is 37.3 Å². The second-order valence-corrected chi connectivity index (χ2v) is 7.94. The molecule has 1 N–H and O–H groups in total. The number of nitrogens with zero attached hydrogens (tertiary/aromatic N) is 1. The van der Waals surface area contributed by atoms with Crippen LogP contribution in [0.4, 0.5) is 5.69 Å². The Morgan fingerprint density at radius 1 is 1.00 bits per heavy atom. The number of carbonyl (C=O) groups excluding carboxylic acids is 2. The average molecular weight is 473 g/mol. The van der Waals surface area contributed by atoms with E-state index in [1.54, 1.807) is 66.7 Å². The van der Waals surface area contributed by atoms with E-state index in [0.29, 0.717) is 46.4 Å². The number of amides is 1. The second kappa shape index (κ2) is 9.06. The summed E-state index contributed by atoms with van der Waals surface area (Å²) in [4.78, 5) is 28.1. The molecule has 2 aliphatic heterocycles.